The van der Waals surface area contributed by atoms with Crippen LogP contribution < -0.4 is 10.6 Å². The minimum absolute atomic E-state index is 0.00256. The van der Waals surface area contributed by atoms with Crippen LogP contribution in [-0.2, 0) is 9.53 Å². The van der Waals surface area contributed by atoms with E-state index in [2.05, 4.69) is 42.7 Å². The standard InChI is InChI=1S/C15H24N2O2/c1-11-7-12(2)9-14(8-11)13(3)17-15(18)10-16-5-6-19-4/h7-9,13,16H,5-6,10H2,1-4H3,(H,17,18). The number of benzene rings is 1. The summed E-state index contributed by atoms with van der Waals surface area (Å²) in [6.07, 6.45) is 0. The highest BCUT2D eigenvalue weighted by molar-refractivity contribution is 5.78. The van der Waals surface area contributed by atoms with Gasteiger partial charge in [0.15, 0.2) is 0 Å². The lowest BCUT2D eigenvalue weighted by molar-refractivity contribution is -0.120. The van der Waals surface area contributed by atoms with Crippen molar-refractivity contribution in [3.8, 4) is 0 Å². The van der Waals surface area contributed by atoms with E-state index in [1.54, 1.807) is 7.11 Å². The molecule has 0 fully saturated rings. The average Bonchev–Trinajstić information content (AvgIpc) is 2.33. The second kappa shape index (κ2) is 7.92. The molecule has 0 bridgehead atoms. The summed E-state index contributed by atoms with van der Waals surface area (Å²) in [5, 5.41) is 6.01. The Labute approximate surface area is 115 Å². The van der Waals surface area contributed by atoms with E-state index in [9.17, 15) is 4.79 Å². The van der Waals surface area contributed by atoms with E-state index in [0.29, 0.717) is 19.7 Å². The van der Waals surface area contributed by atoms with E-state index in [-0.39, 0.29) is 11.9 Å². The fourth-order valence-electron chi connectivity index (χ4n) is 2.01. The first-order valence-corrected chi connectivity index (χ1v) is 6.60. The summed E-state index contributed by atoms with van der Waals surface area (Å²) < 4.78 is 4.91. The Hall–Kier alpha value is -1.39. The van der Waals surface area contributed by atoms with Crippen molar-refractivity contribution in [2.45, 2.75) is 26.8 Å². The van der Waals surface area contributed by atoms with Crippen LogP contribution in [0.25, 0.3) is 0 Å². The number of aryl methyl sites for hydroxylation is 2. The van der Waals surface area contributed by atoms with Gasteiger partial charge in [0.2, 0.25) is 5.91 Å². The van der Waals surface area contributed by atoms with Crippen LogP contribution in [-0.4, -0.2) is 32.7 Å². The summed E-state index contributed by atoms with van der Waals surface area (Å²) in [6, 6.07) is 6.37. The molecule has 0 aliphatic heterocycles. The average molecular weight is 264 g/mol. The molecule has 0 aliphatic carbocycles. The van der Waals surface area contributed by atoms with Crippen LogP contribution in [0, 0.1) is 13.8 Å². The van der Waals surface area contributed by atoms with E-state index >= 15 is 0 Å². The lowest BCUT2D eigenvalue weighted by atomic mass is 10.0. The van der Waals surface area contributed by atoms with Gasteiger partial charge in [-0.25, -0.2) is 0 Å². The zero-order chi connectivity index (χ0) is 14.3. The summed E-state index contributed by atoms with van der Waals surface area (Å²) >= 11 is 0. The monoisotopic (exact) mass is 264 g/mol. The van der Waals surface area contributed by atoms with Gasteiger partial charge < -0.3 is 15.4 Å². The predicted octanol–water partition coefficient (Wildman–Crippen LogP) is 1.72. The van der Waals surface area contributed by atoms with Gasteiger partial charge in [0.1, 0.15) is 0 Å². The molecule has 0 spiro atoms. The van der Waals surface area contributed by atoms with Crippen molar-refractivity contribution in [3.05, 3.63) is 34.9 Å². The van der Waals surface area contributed by atoms with Crippen LogP contribution in [0.3, 0.4) is 0 Å². The molecule has 0 saturated heterocycles. The van der Waals surface area contributed by atoms with Crippen LogP contribution in [0.15, 0.2) is 18.2 Å². The van der Waals surface area contributed by atoms with Gasteiger partial charge >= 0.3 is 0 Å². The number of carbonyl (C=O) groups excluding carboxylic acids is 1. The van der Waals surface area contributed by atoms with Gasteiger partial charge in [0, 0.05) is 13.7 Å². The third kappa shape index (κ3) is 5.85. The zero-order valence-electron chi connectivity index (χ0n) is 12.2. The van der Waals surface area contributed by atoms with Crippen LogP contribution >= 0.6 is 0 Å². The maximum Gasteiger partial charge on any atom is 0.234 e. The molecule has 1 aromatic carbocycles. The van der Waals surface area contributed by atoms with Crippen LogP contribution in [0.5, 0.6) is 0 Å². The summed E-state index contributed by atoms with van der Waals surface area (Å²) in [5.74, 6) is 0.00256. The minimum atomic E-state index is 0.00256. The highest BCUT2D eigenvalue weighted by Crippen LogP contribution is 2.16. The lowest BCUT2D eigenvalue weighted by Gasteiger charge is -2.16. The van der Waals surface area contributed by atoms with Gasteiger partial charge in [0.05, 0.1) is 19.2 Å². The Morgan fingerprint density at radius 1 is 1.26 bits per heavy atom. The van der Waals surface area contributed by atoms with Gasteiger partial charge in [-0.1, -0.05) is 29.3 Å². The number of rotatable bonds is 7. The van der Waals surface area contributed by atoms with Gasteiger partial charge in [-0.15, -0.1) is 0 Å². The number of methoxy groups -OCH3 is 1. The largest absolute Gasteiger partial charge is 0.383 e. The summed E-state index contributed by atoms with van der Waals surface area (Å²) in [6.45, 7) is 7.75. The number of nitrogens with one attached hydrogen (secondary N) is 2. The first-order valence-electron chi connectivity index (χ1n) is 6.60. The van der Waals surface area contributed by atoms with Gasteiger partial charge in [-0.2, -0.15) is 0 Å². The molecule has 1 rings (SSSR count). The Bertz CT molecular complexity index is 398. The Morgan fingerprint density at radius 3 is 2.47 bits per heavy atom. The van der Waals surface area contributed by atoms with Gasteiger partial charge in [0.25, 0.3) is 0 Å². The SMILES string of the molecule is COCCNCC(=O)NC(C)c1cc(C)cc(C)c1. The van der Waals surface area contributed by atoms with Crippen molar-refractivity contribution in [3.63, 3.8) is 0 Å². The zero-order valence-corrected chi connectivity index (χ0v) is 12.2. The van der Waals surface area contributed by atoms with Crippen molar-refractivity contribution in [1.82, 2.24) is 10.6 Å². The fraction of sp³-hybridized carbons (Fsp3) is 0.533. The predicted molar refractivity (Wildman–Crippen MR) is 77.2 cm³/mol. The molecule has 0 aromatic heterocycles. The molecule has 2 N–H and O–H groups in total. The molecule has 4 heteroatoms. The Morgan fingerprint density at radius 2 is 1.89 bits per heavy atom. The summed E-state index contributed by atoms with van der Waals surface area (Å²) in [7, 11) is 1.64. The Balaban J connectivity index is 2.45. The number of carbonyl (C=O) groups is 1. The molecule has 4 nitrogen and oxygen atoms in total. The molecule has 0 aliphatic rings. The van der Waals surface area contributed by atoms with Crippen LogP contribution in [0.4, 0.5) is 0 Å². The first-order chi connectivity index (χ1) is 9.02. The first kappa shape index (κ1) is 15.7. The number of amides is 1. The molecule has 0 heterocycles. The maximum absolute atomic E-state index is 11.7. The topological polar surface area (TPSA) is 50.4 Å². The molecule has 106 valence electrons. The third-order valence-corrected chi connectivity index (χ3v) is 2.89. The highest BCUT2D eigenvalue weighted by atomic mass is 16.5. The number of hydrogen-bond donors (Lipinski definition) is 2. The molecule has 1 amide bonds. The smallest absolute Gasteiger partial charge is 0.234 e. The molecule has 1 atom stereocenters. The van der Waals surface area contributed by atoms with Crippen molar-refractivity contribution in [1.29, 1.82) is 0 Å². The minimum Gasteiger partial charge on any atom is -0.383 e. The van der Waals surface area contributed by atoms with Gasteiger partial charge in [-0.05, 0) is 26.3 Å². The molecular formula is C15H24N2O2. The molecule has 0 radical (unpaired) electrons. The van der Waals surface area contributed by atoms with Crippen LogP contribution in [0.2, 0.25) is 0 Å². The quantitative estimate of drug-likeness (QED) is 0.737. The second-order valence-electron chi connectivity index (χ2n) is 4.88. The Kier molecular flexibility index (Phi) is 6.53. The molecule has 1 aromatic rings. The number of hydrogen-bond acceptors (Lipinski definition) is 3. The van der Waals surface area contributed by atoms with E-state index in [1.165, 1.54) is 11.1 Å². The van der Waals surface area contributed by atoms with Gasteiger partial charge in [-0.3, -0.25) is 4.79 Å². The normalized spacial score (nSPS) is 12.2. The lowest BCUT2D eigenvalue weighted by Crippen LogP contribution is -2.36. The maximum atomic E-state index is 11.7. The van der Waals surface area contributed by atoms with E-state index < -0.39 is 0 Å². The van der Waals surface area contributed by atoms with Crippen molar-refractivity contribution in [2.24, 2.45) is 0 Å². The fourth-order valence-corrected chi connectivity index (χ4v) is 2.01. The van der Waals surface area contributed by atoms with Crippen molar-refractivity contribution >= 4 is 5.91 Å². The van der Waals surface area contributed by atoms with Crippen molar-refractivity contribution < 1.29 is 9.53 Å². The number of ether oxygens (including phenoxy) is 1. The second-order valence-corrected chi connectivity index (χ2v) is 4.88. The molecular weight excluding hydrogens is 240 g/mol. The summed E-state index contributed by atoms with van der Waals surface area (Å²) in [5.41, 5.74) is 3.58. The summed E-state index contributed by atoms with van der Waals surface area (Å²) in [4.78, 5) is 11.7. The molecule has 1 unspecified atom stereocenters. The molecule has 0 saturated carbocycles. The van der Waals surface area contributed by atoms with E-state index in [1.807, 2.05) is 6.92 Å². The van der Waals surface area contributed by atoms with E-state index in [0.717, 1.165) is 5.56 Å². The van der Waals surface area contributed by atoms with Crippen molar-refractivity contribution in [2.75, 3.05) is 26.8 Å². The molecule has 19 heavy (non-hydrogen) atoms. The highest BCUT2D eigenvalue weighted by Gasteiger charge is 2.09. The van der Waals surface area contributed by atoms with E-state index in [4.69, 9.17) is 4.74 Å². The third-order valence-electron chi connectivity index (χ3n) is 2.89. The van der Waals surface area contributed by atoms with Crippen LogP contribution in [0.1, 0.15) is 29.7 Å².